The lowest BCUT2D eigenvalue weighted by molar-refractivity contribution is 0.0851. The van der Waals surface area contributed by atoms with Gasteiger partial charge in [0.25, 0.3) is 10.0 Å². The fourth-order valence-corrected chi connectivity index (χ4v) is 4.84. The number of H-pyrrole nitrogens is 1. The van der Waals surface area contributed by atoms with Crippen LogP contribution in [0.5, 0.6) is 0 Å². The molecule has 0 bridgehead atoms. The summed E-state index contributed by atoms with van der Waals surface area (Å²) in [4.78, 5) is 9.07. The molecular weight excluding hydrogens is 276 g/mol. The first-order chi connectivity index (χ1) is 9.59. The number of imidazole rings is 1. The summed E-state index contributed by atoms with van der Waals surface area (Å²) in [6.45, 7) is 4.07. The molecule has 0 amide bonds. The number of hydrogen-bond acceptors (Lipinski definition) is 4. The molecule has 1 aromatic rings. The monoisotopic (exact) mass is 298 g/mol. The van der Waals surface area contributed by atoms with Crippen LogP contribution in [0.4, 0.5) is 0 Å². The highest BCUT2D eigenvalue weighted by atomic mass is 32.2. The highest BCUT2D eigenvalue weighted by Crippen LogP contribution is 2.27. The van der Waals surface area contributed by atoms with Gasteiger partial charge in [-0.3, -0.25) is 4.90 Å². The van der Waals surface area contributed by atoms with Crippen molar-refractivity contribution in [3.8, 4) is 0 Å². The Balaban J connectivity index is 1.70. The minimum absolute atomic E-state index is 0.0546. The fraction of sp³-hybridized carbons (Fsp3) is 0.769. The van der Waals surface area contributed by atoms with E-state index < -0.39 is 10.0 Å². The highest BCUT2D eigenvalue weighted by Gasteiger charge is 2.36. The molecule has 6 nitrogen and oxygen atoms in total. The van der Waals surface area contributed by atoms with Crippen molar-refractivity contribution in [2.45, 2.75) is 49.8 Å². The summed E-state index contributed by atoms with van der Waals surface area (Å²) >= 11 is 0. The van der Waals surface area contributed by atoms with Crippen LogP contribution in [0.1, 0.15) is 32.6 Å². The highest BCUT2D eigenvalue weighted by molar-refractivity contribution is 7.88. The molecule has 0 radical (unpaired) electrons. The van der Waals surface area contributed by atoms with Crippen LogP contribution in [0.3, 0.4) is 0 Å². The molecule has 1 saturated heterocycles. The van der Waals surface area contributed by atoms with E-state index in [0.717, 1.165) is 6.54 Å². The third kappa shape index (κ3) is 2.49. The average Bonchev–Trinajstić information content (AvgIpc) is 3.12. The van der Waals surface area contributed by atoms with Gasteiger partial charge in [0.15, 0.2) is 0 Å². The summed E-state index contributed by atoms with van der Waals surface area (Å²) in [6, 6.07) is 0.926. The van der Waals surface area contributed by atoms with Crippen molar-refractivity contribution in [1.29, 1.82) is 0 Å². The van der Waals surface area contributed by atoms with Crippen LogP contribution < -0.4 is 0 Å². The van der Waals surface area contributed by atoms with Crippen molar-refractivity contribution < 1.29 is 8.42 Å². The van der Waals surface area contributed by atoms with Crippen LogP contribution in [0.2, 0.25) is 0 Å². The van der Waals surface area contributed by atoms with E-state index in [1.54, 1.807) is 10.5 Å². The Kier molecular flexibility index (Phi) is 3.83. The molecule has 1 N–H and O–H groups in total. The number of hydrogen-bond donors (Lipinski definition) is 1. The third-order valence-corrected chi connectivity index (χ3v) is 6.22. The number of aromatic amines is 1. The quantitative estimate of drug-likeness (QED) is 0.905. The maximum absolute atomic E-state index is 12.4. The van der Waals surface area contributed by atoms with Gasteiger partial charge in [-0.25, -0.2) is 13.4 Å². The Bertz CT molecular complexity index is 537. The molecule has 112 valence electrons. The van der Waals surface area contributed by atoms with E-state index in [9.17, 15) is 8.42 Å². The van der Waals surface area contributed by atoms with Crippen molar-refractivity contribution >= 4 is 10.0 Å². The van der Waals surface area contributed by atoms with E-state index in [2.05, 4.69) is 21.8 Å². The number of piperazine rings is 1. The summed E-state index contributed by atoms with van der Waals surface area (Å²) in [5.41, 5.74) is 0. The first-order valence-corrected chi connectivity index (χ1v) is 8.78. The second-order valence-electron chi connectivity index (χ2n) is 5.78. The summed E-state index contributed by atoms with van der Waals surface area (Å²) < 4.78 is 26.4. The molecule has 7 heteroatoms. The van der Waals surface area contributed by atoms with Crippen LogP contribution in [0.25, 0.3) is 0 Å². The second-order valence-corrected chi connectivity index (χ2v) is 7.64. The topological polar surface area (TPSA) is 69.3 Å². The Morgan fingerprint density at radius 1 is 1.30 bits per heavy atom. The molecule has 20 heavy (non-hydrogen) atoms. The molecular formula is C13H22N4O2S. The number of sulfonamides is 1. The SMILES string of the molecule is CC1CN(S(=O)(=O)c2ncc[nH]2)CCN1C1CCCC1. The molecule has 0 aromatic carbocycles. The Morgan fingerprint density at radius 3 is 2.65 bits per heavy atom. The molecule has 2 heterocycles. The molecule has 3 rings (SSSR count). The fourth-order valence-electron chi connectivity index (χ4n) is 3.45. The Hall–Kier alpha value is -0.920. The molecule has 1 atom stereocenters. The number of nitrogens with one attached hydrogen (secondary N) is 1. The van der Waals surface area contributed by atoms with Gasteiger partial charge < -0.3 is 4.98 Å². The average molecular weight is 298 g/mol. The van der Waals surface area contributed by atoms with Gasteiger partial charge >= 0.3 is 0 Å². The maximum Gasteiger partial charge on any atom is 0.276 e. The van der Waals surface area contributed by atoms with Gasteiger partial charge in [-0.15, -0.1) is 0 Å². The van der Waals surface area contributed by atoms with Gasteiger partial charge in [0.2, 0.25) is 5.16 Å². The lowest BCUT2D eigenvalue weighted by Crippen LogP contribution is -2.56. The molecule has 1 saturated carbocycles. The maximum atomic E-state index is 12.4. The summed E-state index contributed by atoms with van der Waals surface area (Å²) in [6.07, 6.45) is 8.16. The van der Waals surface area contributed by atoms with Crippen molar-refractivity contribution in [3.63, 3.8) is 0 Å². The van der Waals surface area contributed by atoms with Crippen molar-refractivity contribution in [2.24, 2.45) is 0 Å². The van der Waals surface area contributed by atoms with E-state index in [1.807, 2.05) is 0 Å². The lowest BCUT2D eigenvalue weighted by atomic mass is 10.1. The van der Waals surface area contributed by atoms with Gasteiger partial charge in [0.1, 0.15) is 0 Å². The zero-order valence-electron chi connectivity index (χ0n) is 11.8. The molecule has 2 fully saturated rings. The first kappa shape index (κ1) is 14.0. The van der Waals surface area contributed by atoms with Gasteiger partial charge in [-0.05, 0) is 19.8 Å². The number of aromatic nitrogens is 2. The standard InChI is InChI=1S/C13H22N4O2S/c1-11-10-16(20(18,19)13-14-6-7-15-13)8-9-17(11)12-4-2-3-5-12/h6-7,11-12H,2-5,8-10H2,1H3,(H,14,15). The smallest absolute Gasteiger partial charge is 0.276 e. The van der Waals surface area contributed by atoms with Crippen molar-refractivity contribution in [1.82, 2.24) is 19.2 Å². The van der Waals surface area contributed by atoms with E-state index >= 15 is 0 Å². The molecule has 1 unspecified atom stereocenters. The minimum atomic E-state index is -3.46. The van der Waals surface area contributed by atoms with Crippen LogP contribution >= 0.6 is 0 Å². The number of rotatable bonds is 3. The van der Waals surface area contributed by atoms with Gasteiger partial charge in [0.05, 0.1) is 0 Å². The van der Waals surface area contributed by atoms with Crippen molar-refractivity contribution in [2.75, 3.05) is 19.6 Å². The largest absolute Gasteiger partial charge is 0.334 e. The van der Waals surface area contributed by atoms with Gasteiger partial charge in [0, 0.05) is 44.1 Å². The minimum Gasteiger partial charge on any atom is -0.334 e. The van der Waals surface area contributed by atoms with Crippen molar-refractivity contribution in [3.05, 3.63) is 12.4 Å². The van der Waals surface area contributed by atoms with E-state index in [1.165, 1.54) is 31.9 Å². The second kappa shape index (κ2) is 5.46. The van der Waals surface area contributed by atoms with Gasteiger partial charge in [-0.2, -0.15) is 4.31 Å². The third-order valence-electron chi connectivity index (χ3n) is 4.49. The molecule has 1 aliphatic carbocycles. The predicted octanol–water partition coefficient (Wildman–Crippen LogP) is 1.05. The molecule has 1 aliphatic heterocycles. The Morgan fingerprint density at radius 2 is 2.05 bits per heavy atom. The summed E-state index contributed by atoms with van der Waals surface area (Å²) in [5.74, 6) is 0. The van der Waals surface area contributed by atoms with Gasteiger partial charge in [-0.1, -0.05) is 12.8 Å². The van der Waals surface area contributed by atoms with Crippen LogP contribution in [-0.2, 0) is 10.0 Å². The van der Waals surface area contributed by atoms with E-state index in [4.69, 9.17) is 0 Å². The molecule has 1 aromatic heterocycles. The van der Waals surface area contributed by atoms with Crippen LogP contribution in [-0.4, -0.2) is 59.3 Å². The number of nitrogens with zero attached hydrogens (tertiary/aromatic N) is 3. The zero-order valence-corrected chi connectivity index (χ0v) is 12.6. The van der Waals surface area contributed by atoms with Crippen LogP contribution in [0.15, 0.2) is 17.6 Å². The van der Waals surface area contributed by atoms with E-state index in [-0.39, 0.29) is 11.2 Å². The predicted molar refractivity (Wildman–Crippen MR) is 75.8 cm³/mol. The van der Waals surface area contributed by atoms with E-state index in [0.29, 0.717) is 19.1 Å². The summed E-state index contributed by atoms with van der Waals surface area (Å²) in [7, 11) is -3.46. The molecule has 0 spiro atoms. The summed E-state index contributed by atoms with van der Waals surface area (Å²) in [5, 5.41) is 0.0546. The normalized spacial score (nSPS) is 27.1. The lowest BCUT2D eigenvalue weighted by Gasteiger charge is -2.42. The van der Waals surface area contributed by atoms with Crippen LogP contribution in [0, 0.1) is 0 Å². The zero-order chi connectivity index (χ0) is 14.2. The molecule has 2 aliphatic rings. The first-order valence-electron chi connectivity index (χ1n) is 7.34. The Labute approximate surface area is 120 Å².